The summed E-state index contributed by atoms with van der Waals surface area (Å²) in [6.45, 7) is 8.70. The van der Waals surface area contributed by atoms with Gasteiger partial charge in [-0.05, 0) is 31.4 Å². The Bertz CT molecular complexity index is 235. The van der Waals surface area contributed by atoms with Crippen molar-refractivity contribution in [3.8, 4) is 0 Å². The summed E-state index contributed by atoms with van der Waals surface area (Å²) in [5.74, 6) is 3.44. The Hall–Kier alpha value is -0.720. The lowest BCUT2D eigenvalue weighted by atomic mass is 9.97. The summed E-state index contributed by atoms with van der Waals surface area (Å²) < 4.78 is 5.55. The normalized spacial score (nSPS) is 13.8. The van der Waals surface area contributed by atoms with Crippen molar-refractivity contribution in [2.24, 2.45) is 5.92 Å². The van der Waals surface area contributed by atoms with E-state index < -0.39 is 0 Å². The van der Waals surface area contributed by atoms with Crippen LogP contribution in [0.25, 0.3) is 0 Å². The maximum Gasteiger partial charge on any atom is 0.106 e. The third-order valence-corrected chi connectivity index (χ3v) is 2.07. The van der Waals surface area contributed by atoms with Gasteiger partial charge in [-0.3, -0.25) is 0 Å². The van der Waals surface area contributed by atoms with Gasteiger partial charge in [0.05, 0.1) is 0 Å². The number of aryl methyl sites for hydroxylation is 1. The molecule has 0 radical (unpaired) electrons. The molecule has 1 nitrogen and oxygen atoms in total. The van der Waals surface area contributed by atoms with Crippen molar-refractivity contribution in [3.05, 3.63) is 23.7 Å². The van der Waals surface area contributed by atoms with Gasteiger partial charge < -0.3 is 4.42 Å². The third-order valence-electron chi connectivity index (χ3n) is 2.07. The monoisotopic (exact) mass is 166 g/mol. The molecule has 0 fully saturated rings. The van der Waals surface area contributed by atoms with E-state index in [9.17, 15) is 0 Å². The van der Waals surface area contributed by atoms with Gasteiger partial charge in [0, 0.05) is 5.92 Å². The Balaban J connectivity index is 2.58. The van der Waals surface area contributed by atoms with Gasteiger partial charge in [0.15, 0.2) is 0 Å². The van der Waals surface area contributed by atoms with Crippen molar-refractivity contribution >= 4 is 0 Å². The molecule has 0 aliphatic heterocycles. The van der Waals surface area contributed by atoms with E-state index in [0.29, 0.717) is 5.92 Å². The summed E-state index contributed by atoms with van der Waals surface area (Å²) in [7, 11) is 0. The largest absolute Gasteiger partial charge is 0.466 e. The molecule has 68 valence electrons. The minimum Gasteiger partial charge on any atom is -0.466 e. The first-order chi connectivity index (χ1) is 5.59. The molecule has 0 saturated heterocycles. The molecule has 0 amide bonds. The minimum atomic E-state index is 0.554. The molecule has 0 bridgehead atoms. The zero-order valence-corrected chi connectivity index (χ0v) is 8.42. The zero-order chi connectivity index (χ0) is 9.14. The van der Waals surface area contributed by atoms with Crippen LogP contribution in [0.15, 0.2) is 16.5 Å². The summed E-state index contributed by atoms with van der Waals surface area (Å²) in [6, 6.07) is 4.12. The molecule has 1 rings (SSSR count). The first kappa shape index (κ1) is 9.37. The van der Waals surface area contributed by atoms with Gasteiger partial charge >= 0.3 is 0 Å². The summed E-state index contributed by atoms with van der Waals surface area (Å²) in [5.41, 5.74) is 0. The van der Waals surface area contributed by atoms with E-state index in [2.05, 4.69) is 26.8 Å². The fourth-order valence-corrected chi connectivity index (χ4v) is 1.54. The number of hydrogen-bond acceptors (Lipinski definition) is 1. The SMILES string of the molecule is Cc1ccc(C(C)CC(C)C)o1. The van der Waals surface area contributed by atoms with Crippen LogP contribution in [0.1, 0.15) is 44.6 Å². The second-order valence-corrected chi connectivity index (χ2v) is 3.98. The highest BCUT2D eigenvalue weighted by atomic mass is 16.3. The summed E-state index contributed by atoms with van der Waals surface area (Å²) in [5, 5.41) is 0. The second kappa shape index (κ2) is 3.79. The Morgan fingerprint density at radius 2 is 1.92 bits per heavy atom. The van der Waals surface area contributed by atoms with Crippen LogP contribution in [0.5, 0.6) is 0 Å². The van der Waals surface area contributed by atoms with Gasteiger partial charge in [-0.1, -0.05) is 20.8 Å². The van der Waals surface area contributed by atoms with Gasteiger partial charge in [-0.25, -0.2) is 0 Å². The Morgan fingerprint density at radius 3 is 2.33 bits per heavy atom. The molecule has 1 heterocycles. The molecule has 0 N–H and O–H groups in total. The zero-order valence-electron chi connectivity index (χ0n) is 8.42. The Labute approximate surface area is 74.8 Å². The molecule has 12 heavy (non-hydrogen) atoms. The molecule has 0 spiro atoms. The molecular formula is C11H18O. The highest BCUT2D eigenvalue weighted by Gasteiger charge is 2.10. The topological polar surface area (TPSA) is 13.1 Å². The van der Waals surface area contributed by atoms with Crippen molar-refractivity contribution in [1.82, 2.24) is 0 Å². The molecule has 1 unspecified atom stereocenters. The van der Waals surface area contributed by atoms with Gasteiger partial charge in [0.2, 0.25) is 0 Å². The van der Waals surface area contributed by atoms with E-state index in [1.165, 1.54) is 6.42 Å². The highest BCUT2D eigenvalue weighted by Crippen LogP contribution is 2.24. The van der Waals surface area contributed by atoms with E-state index in [1.54, 1.807) is 0 Å². The van der Waals surface area contributed by atoms with Crippen molar-refractivity contribution in [2.75, 3.05) is 0 Å². The van der Waals surface area contributed by atoms with Crippen molar-refractivity contribution in [2.45, 2.75) is 40.0 Å². The maximum atomic E-state index is 5.55. The van der Waals surface area contributed by atoms with Crippen LogP contribution < -0.4 is 0 Å². The average molecular weight is 166 g/mol. The molecular weight excluding hydrogens is 148 g/mol. The lowest BCUT2D eigenvalue weighted by molar-refractivity contribution is 0.413. The molecule has 1 aromatic heterocycles. The van der Waals surface area contributed by atoms with Crippen molar-refractivity contribution < 1.29 is 4.42 Å². The molecule has 1 aromatic rings. The predicted octanol–water partition coefficient (Wildman–Crippen LogP) is 3.74. The van der Waals surface area contributed by atoms with Gasteiger partial charge in [0.1, 0.15) is 11.5 Å². The highest BCUT2D eigenvalue weighted by molar-refractivity contribution is 5.09. The van der Waals surface area contributed by atoms with Gasteiger partial charge in [0.25, 0.3) is 0 Å². The number of rotatable bonds is 3. The van der Waals surface area contributed by atoms with E-state index in [4.69, 9.17) is 4.42 Å². The first-order valence-corrected chi connectivity index (χ1v) is 4.66. The smallest absolute Gasteiger partial charge is 0.106 e. The fraction of sp³-hybridized carbons (Fsp3) is 0.636. The van der Waals surface area contributed by atoms with Gasteiger partial charge in [-0.15, -0.1) is 0 Å². The lowest BCUT2D eigenvalue weighted by Gasteiger charge is -2.10. The standard InChI is InChI=1S/C11H18O/c1-8(2)7-9(3)11-6-5-10(4)12-11/h5-6,8-9H,7H2,1-4H3. The third kappa shape index (κ3) is 2.40. The molecule has 0 aliphatic rings. The van der Waals surface area contributed by atoms with E-state index >= 15 is 0 Å². The van der Waals surface area contributed by atoms with Crippen LogP contribution in [-0.4, -0.2) is 0 Å². The molecule has 1 heteroatoms. The quantitative estimate of drug-likeness (QED) is 0.666. The van der Waals surface area contributed by atoms with Crippen LogP contribution in [0.3, 0.4) is 0 Å². The van der Waals surface area contributed by atoms with Crippen LogP contribution in [-0.2, 0) is 0 Å². The number of hydrogen-bond donors (Lipinski definition) is 0. The first-order valence-electron chi connectivity index (χ1n) is 4.66. The van der Waals surface area contributed by atoms with Crippen LogP contribution in [0, 0.1) is 12.8 Å². The average Bonchev–Trinajstić information content (AvgIpc) is 2.34. The minimum absolute atomic E-state index is 0.554. The molecule has 0 saturated carbocycles. The van der Waals surface area contributed by atoms with Crippen LogP contribution in [0.2, 0.25) is 0 Å². The fourth-order valence-electron chi connectivity index (χ4n) is 1.54. The summed E-state index contributed by atoms with van der Waals surface area (Å²) in [6.07, 6.45) is 1.20. The van der Waals surface area contributed by atoms with Gasteiger partial charge in [-0.2, -0.15) is 0 Å². The molecule has 1 atom stereocenters. The number of furan rings is 1. The maximum absolute atomic E-state index is 5.55. The summed E-state index contributed by atoms with van der Waals surface area (Å²) >= 11 is 0. The summed E-state index contributed by atoms with van der Waals surface area (Å²) in [4.78, 5) is 0. The van der Waals surface area contributed by atoms with Crippen LogP contribution in [0.4, 0.5) is 0 Å². The van der Waals surface area contributed by atoms with E-state index in [-0.39, 0.29) is 0 Å². The predicted molar refractivity (Wildman–Crippen MR) is 51.3 cm³/mol. The molecule has 0 aliphatic carbocycles. The second-order valence-electron chi connectivity index (χ2n) is 3.98. The van der Waals surface area contributed by atoms with Crippen molar-refractivity contribution in [1.29, 1.82) is 0 Å². The van der Waals surface area contributed by atoms with E-state index in [1.807, 2.05) is 13.0 Å². The molecule has 0 aromatic carbocycles. The Kier molecular flexibility index (Phi) is 2.96. The Morgan fingerprint density at radius 1 is 1.25 bits per heavy atom. The lowest BCUT2D eigenvalue weighted by Crippen LogP contribution is -1.96. The van der Waals surface area contributed by atoms with E-state index in [0.717, 1.165) is 17.4 Å². The van der Waals surface area contributed by atoms with Crippen molar-refractivity contribution in [3.63, 3.8) is 0 Å². The van der Waals surface area contributed by atoms with Crippen LogP contribution >= 0.6 is 0 Å².